The van der Waals surface area contributed by atoms with E-state index in [-0.39, 0.29) is 0 Å². The van der Waals surface area contributed by atoms with Gasteiger partial charge in [-0.15, -0.1) is 0 Å². The first-order valence-electron chi connectivity index (χ1n) is 8.43. The van der Waals surface area contributed by atoms with Crippen molar-refractivity contribution in [3.05, 3.63) is 78.9 Å². The maximum Gasteiger partial charge on any atom is 0.411 e. The Morgan fingerprint density at radius 1 is 0.840 bits per heavy atom. The van der Waals surface area contributed by atoms with Gasteiger partial charge in [-0.2, -0.15) is 0 Å². The number of likely N-dealkylation sites (N-methyl/N-ethyl adjacent to an activating group) is 1. The molecule has 1 amide bonds. The highest BCUT2D eigenvalue weighted by Crippen LogP contribution is 2.11. The normalized spacial score (nSPS) is 9.80. The predicted octanol–water partition coefficient (Wildman–Crippen LogP) is 4.68. The van der Waals surface area contributed by atoms with E-state index in [1.54, 1.807) is 0 Å². The van der Waals surface area contributed by atoms with Crippen LogP contribution in [-0.2, 0) is 4.74 Å². The van der Waals surface area contributed by atoms with Crippen molar-refractivity contribution in [3.63, 3.8) is 0 Å². The van der Waals surface area contributed by atoms with Crippen molar-refractivity contribution in [3.8, 4) is 0 Å². The number of hydrogen-bond donors (Lipinski definition) is 2. The summed E-state index contributed by atoms with van der Waals surface area (Å²) in [6.07, 6.45) is -0.417. The molecular formula is C21H24N2O2. The molecule has 4 nitrogen and oxygen atoms in total. The summed E-state index contributed by atoms with van der Waals surface area (Å²) in [5, 5.41) is 8.31. The molecule has 0 radical (unpaired) electrons. The molecule has 0 heterocycles. The van der Waals surface area contributed by atoms with E-state index < -0.39 is 6.09 Å². The van der Waals surface area contributed by atoms with Gasteiger partial charge in [-0.05, 0) is 29.4 Å². The average molecular weight is 336 g/mol. The lowest BCUT2D eigenvalue weighted by Gasteiger charge is -2.06. The van der Waals surface area contributed by atoms with E-state index in [2.05, 4.69) is 59.2 Å². The van der Waals surface area contributed by atoms with E-state index in [1.807, 2.05) is 37.3 Å². The largest absolute Gasteiger partial charge is 0.448 e. The molecule has 0 aliphatic rings. The smallest absolute Gasteiger partial charge is 0.411 e. The van der Waals surface area contributed by atoms with Crippen LogP contribution in [0.3, 0.4) is 0 Å². The SMILES string of the molecule is CCNCCOC(=O)Nc1ccccc1.c1ccc2ccccc2c1. The van der Waals surface area contributed by atoms with Crippen molar-refractivity contribution in [2.75, 3.05) is 25.0 Å². The number of benzene rings is 3. The van der Waals surface area contributed by atoms with Crippen LogP contribution < -0.4 is 10.6 Å². The lowest BCUT2D eigenvalue weighted by Crippen LogP contribution is -2.23. The molecule has 0 aliphatic carbocycles. The van der Waals surface area contributed by atoms with Crippen LogP contribution in [0.15, 0.2) is 78.9 Å². The summed E-state index contributed by atoms with van der Waals surface area (Å²) in [5.74, 6) is 0. The first-order valence-corrected chi connectivity index (χ1v) is 8.43. The third-order valence-corrected chi connectivity index (χ3v) is 3.44. The first-order chi connectivity index (χ1) is 12.3. The Morgan fingerprint density at radius 3 is 1.88 bits per heavy atom. The molecule has 0 saturated heterocycles. The maximum atomic E-state index is 11.2. The number of rotatable bonds is 5. The van der Waals surface area contributed by atoms with Crippen molar-refractivity contribution in [1.82, 2.24) is 5.32 Å². The van der Waals surface area contributed by atoms with Crippen LogP contribution in [0.5, 0.6) is 0 Å². The molecule has 4 heteroatoms. The van der Waals surface area contributed by atoms with Gasteiger partial charge in [0, 0.05) is 12.2 Å². The molecule has 3 aromatic rings. The number of amides is 1. The number of ether oxygens (including phenoxy) is 1. The molecule has 0 aliphatic heterocycles. The third kappa shape index (κ3) is 7.06. The minimum Gasteiger partial charge on any atom is -0.448 e. The van der Waals surface area contributed by atoms with Gasteiger partial charge < -0.3 is 10.1 Å². The topological polar surface area (TPSA) is 50.4 Å². The minimum absolute atomic E-state index is 0.381. The zero-order valence-corrected chi connectivity index (χ0v) is 14.4. The Kier molecular flexibility index (Phi) is 8.01. The number of fused-ring (bicyclic) bond motifs is 1. The van der Waals surface area contributed by atoms with Gasteiger partial charge in [0.05, 0.1) is 0 Å². The fourth-order valence-electron chi connectivity index (χ4n) is 2.20. The summed E-state index contributed by atoms with van der Waals surface area (Å²) in [4.78, 5) is 11.2. The van der Waals surface area contributed by atoms with Gasteiger partial charge >= 0.3 is 6.09 Å². The van der Waals surface area contributed by atoms with Crippen molar-refractivity contribution in [2.45, 2.75) is 6.92 Å². The molecular weight excluding hydrogens is 312 g/mol. The molecule has 0 spiro atoms. The highest BCUT2D eigenvalue weighted by Gasteiger charge is 2.00. The fraction of sp³-hybridized carbons (Fsp3) is 0.190. The summed E-state index contributed by atoms with van der Waals surface area (Å²) in [5.41, 5.74) is 0.742. The Morgan fingerprint density at radius 2 is 1.36 bits per heavy atom. The second-order valence-electron chi connectivity index (χ2n) is 5.33. The Balaban J connectivity index is 0.000000194. The number of carbonyl (C=O) groups is 1. The second kappa shape index (κ2) is 10.8. The highest BCUT2D eigenvalue weighted by atomic mass is 16.5. The van der Waals surface area contributed by atoms with Crippen LogP contribution in [0.2, 0.25) is 0 Å². The Bertz CT molecular complexity index is 694. The van der Waals surface area contributed by atoms with Crippen LogP contribution >= 0.6 is 0 Å². The molecule has 2 N–H and O–H groups in total. The van der Waals surface area contributed by atoms with E-state index in [0.29, 0.717) is 13.2 Å². The number of hydrogen-bond acceptors (Lipinski definition) is 3. The third-order valence-electron chi connectivity index (χ3n) is 3.44. The van der Waals surface area contributed by atoms with E-state index >= 15 is 0 Å². The van der Waals surface area contributed by atoms with Gasteiger partial charge in [0.1, 0.15) is 6.61 Å². The Labute approximate surface area is 148 Å². The van der Waals surface area contributed by atoms with Gasteiger partial charge in [-0.1, -0.05) is 73.7 Å². The number of para-hydroxylation sites is 1. The number of nitrogens with one attached hydrogen (secondary N) is 2. The standard InChI is InChI=1S/C11H16N2O2.C10H8/c1-2-12-8-9-15-11(14)13-10-6-4-3-5-7-10;1-2-6-10-8-4-3-7-9(10)5-1/h3-7,12H,2,8-9H2,1H3,(H,13,14);1-8H. The molecule has 3 aromatic carbocycles. The molecule has 130 valence electrons. The van der Waals surface area contributed by atoms with Crippen LogP contribution in [0, 0.1) is 0 Å². The zero-order chi connectivity index (χ0) is 17.7. The fourth-order valence-corrected chi connectivity index (χ4v) is 2.20. The van der Waals surface area contributed by atoms with Gasteiger partial charge in [0.25, 0.3) is 0 Å². The summed E-state index contributed by atoms with van der Waals surface area (Å²) < 4.78 is 4.94. The monoisotopic (exact) mass is 336 g/mol. The molecule has 3 rings (SSSR count). The lowest BCUT2D eigenvalue weighted by molar-refractivity contribution is 0.162. The Hall–Kier alpha value is -2.85. The second-order valence-corrected chi connectivity index (χ2v) is 5.33. The lowest BCUT2D eigenvalue weighted by atomic mass is 10.1. The average Bonchev–Trinajstić information content (AvgIpc) is 2.67. The quantitative estimate of drug-likeness (QED) is 0.665. The molecule has 0 unspecified atom stereocenters. The number of carbonyl (C=O) groups excluding carboxylic acids is 1. The minimum atomic E-state index is -0.417. The summed E-state index contributed by atoms with van der Waals surface area (Å²) in [6, 6.07) is 25.9. The summed E-state index contributed by atoms with van der Waals surface area (Å²) in [7, 11) is 0. The van der Waals surface area contributed by atoms with Gasteiger partial charge in [-0.25, -0.2) is 4.79 Å². The molecule has 25 heavy (non-hydrogen) atoms. The van der Waals surface area contributed by atoms with E-state index in [1.165, 1.54) is 10.8 Å². The molecule has 0 bridgehead atoms. The van der Waals surface area contributed by atoms with Gasteiger partial charge in [0.15, 0.2) is 0 Å². The summed E-state index contributed by atoms with van der Waals surface area (Å²) >= 11 is 0. The van der Waals surface area contributed by atoms with E-state index in [0.717, 1.165) is 12.2 Å². The van der Waals surface area contributed by atoms with Crippen molar-refractivity contribution >= 4 is 22.6 Å². The summed E-state index contributed by atoms with van der Waals surface area (Å²) in [6.45, 7) is 3.94. The number of anilines is 1. The van der Waals surface area contributed by atoms with Crippen molar-refractivity contribution in [1.29, 1.82) is 0 Å². The molecule has 0 aromatic heterocycles. The van der Waals surface area contributed by atoms with Gasteiger partial charge in [-0.3, -0.25) is 5.32 Å². The maximum absolute atomic E-state index is 11.2. The van der Waals surface area contributed by atoms with Crippen molar-refractivity contribution < 1.29 is 9.53 Å². The molecule has 0 atom stereocenters. The van der Waals surface area contributed by atoms with Gasteiger partial charge in [0.2, 0.25) is 0 Å². The zero-order valence-electron chi connectivity index (χ0n) is 14.4. The predicted molar refractivity (Wildman–Crippen MR) is 104 cm³/mol. The van der Waals surface area contributed by atoms with E-state index in [4.69, 9.17) is 4.74 Å². The van der Waals surface area contributed by atoms with Crippen LogP contribution in [-0.4, -0.2) is 25.8 Å². The van der Waals surface area contributed by atoms with Crippen LogP contribution in [0.25, 0.3) is 10.8 Å². The van der Waals surface area contributed by atoms with Crippen LogP contribution in [0.1, 0.15) is 6.92 Å². The first kappa shape index (κ1) is 18.5. The molecule has 0 saturated carbocycles. The van der Waals surface area contributed by atoms with Crippen LogP contribution in [0.4, 0.5) is 10.5 Å². The van der Waals surface area contributed by atoms with E-state index in [9.17, 15) is 4.79 Å². The molecule has 0 fully saturated rings. The highest BCUT2D eigenvalue weighted by molar-refractivity contribution is 5.84. The van der Waals surface area contributed by atoms with Crippen molar-refractivity contribution in [2.24, 2.45) is 0 Å².